The Kier molecular flexibility index (Phi) is 4.78. The molecule has 1 aliphatic heterocycles. The van der Waals surface area contributed by atoms with Gasteiger partial charge in [-0.25, -0.2) is 4.39 Å². The van der Waals surface area contributed by atoms with E-state index in [4.69, 9.17) is 16.0 Å². The number of thioether (sulfide) groups is 1. The summed E-state index contributed by atoms with van der Waals surface area (Å²) in [4.78, 5) is 38.6. The normalized spacial score (nSPS) is 15.8. The Morgan fingerprint density at radius 1 is 1.14 bits per heavy atom. The molecule has 3 aromatic rings. The molecule has 1 saturated heterocycles. The number of nitrogens with zero attached hydrogens (tertiary/aromatic N) is 1. The number of fused-ring (bicyclic) bond motifs is 1. The number of carbonyl (C=O) groups excluding carboxylic acids is 2. The predicted octanol–water partition coefficient (Wildman–Crippen LogP) is 4.82. The van der Waals surface area contributed by atoms with Crippen LogP contribution in [0.1, 0.15) is 11.1 Å². The molecule has 5 nitrogen and oxygen atoms in total. The van der Waals surface area contributed by atoms with Crippen LogP contribution in [0.4, 0.5) is 9.18 Å². The fourth-order valence-electron chi connectivity index (χ4n) is 2.79. The lowest BCUT2D eigenvalue weighted by molar-refractivity contribution is -0.123. The van der Waals surface area contributed by atoms with E-state index in [0.29, 0.717) is 16.5 Å². The molecule has 0 N–H and O–H groups in total. The number of hydrogen-bond acceptors (Lipinski definition) is 5. The second-order valence-corrected chi connectivity index (χ2v) is 7.42. The van der Waals surface area contributed by atoms with Crippen molar-refractivity contribution in [3.05, 3.63) is 85.8 Å². The molecular formula is C20H11ClFNO4S. The van der Waals surface area contributed by atoms with Crippen LogP contribution in [0.2, 0.25) is 5.02 Å². The van der Waals surface area contributed by atoms with Gasteiger partial charge in [0.15, 0.2) is 5.43 Å². The number of amides is 2. The summed E-state index contributed by atoms with van der Waals surface area (Å²) in [6.45, 7) is -0.0898. The minimum absolute atomic E-state index is 0.0898. The molecule has 0 bridgehead atoms. The Labute approximate surface area is 167 Å². The van der Waals surface area contributed by atoms with Crippen LogP contribution in [-0.2, 0) is 11.3 Å². The summed E-state index contributed by atoms with van der Waals surface area (Å²) < 4.78 is 18.6. The maximum atomic E-state index is 13.2. The van der Waals surface area contributed by atoms with Gasteiger partial charge >= 0.3 is 0 Å². The highest BCUT2D eigenvalue weighted by atomic mass is 35.5. The highest BCUT2D eigenvalue weighted by molar-refractivity contribution is 8.18. The van der Waals surface area contributed by atoms with E-state index in [0.717, 1.165) is 22.7 Å². The number of rotatable bonds is 3. The molecule has 0 aliphatic carbocycles. The zero-order chi connectivity index (χ0) is 19.8. The van der Waals surface area contributed by atoms with E-state index in [9.17, 15) is 18.8 Å². The number of hydrogen-bond donors (Lipinski definition) is 0. The first-order valence-electron chi connectivity index (χ1n) is 8.14. The molecule has 1 fully saturated rings. The molecular weight excluding hydrogens is 405 g/mol. The van der Waals surface area contributed by atoms with Crippen LogP contribution in [0.25, 0.3) is 17.0 Å². The third-order valence-electron chi connectivity index (χ3n) is 4.21. The number of halogens is 2. The van der Waals surface area contributed by atoms with Crippen LogP contribution in [0.3, 0.4) is 0 Å². The minimum Gasteiger partial charge on any atom is -0.463 e. The van der Waals surface area contributed by atoms with Crippen molar-refractivity contribution in [2.24, 2.45) is 0 Å². The average molecular weight is 416 g/mol. The van der Waals surface area contributed by atoms with Crippen LogP contribution in [0.15, 0.2) is 62.8 Å². The van der Waals surface area contributed by atoms with Crippen LogP contribution in [0.5, 0.6) is 0 Å². The van der Waals surface area contributed by atoms with E-state index >= 15 is 0 Å². The third kappa shape index (κ3) is 3.34. The van der Waals surface area contributed by atoms with Gasteiger partial charge < -0.3 is 4.42 Å². The van der Waals surface area contributed by atoms with E-state index in [1.54, 1.807) is 24.3 Å². The van der Waals surface area contributed by atoms with Crippen molar-refractivity contribution in [2.75, 3.05) is 0 Å². The van der Waals surface area contributed by atoms with Gasteiger partial charge in [-0.15, -0.1) is 0 Å². The Bertz CT molecular complexity index is 1220. The lowest BCUT2D eigenvalue weighted by Crippen LogP contribution is -2.27. The molecule has 0 atom stereocenters. The summed E-state index contributed by atoms with van der Waals surface area (Å²) in [5, 5.41) is 0.00796. The summed E-state index contributed by atoms with van der Waals surface area (Å²) in [5.41, 5.74) is 0.750. The van der Waals surface area contributed by atoms with Crippen molar-refractivity contribution < 1.29 is 18.4 Å². The quantitative estimate of drug-likeness (QED) is 0.573. The molecule has 2 aromatic carbocycles. The molecule has 1 aliphatic rings. The first kappa shape index (κ1) is 18.5. The Morgan fingerprint density at radius 2 is 1.93 bits per heavy atom. The summed E-state index contributed by atoms with van der Waals surface area (Å²) in [6.07, 6.45) is 2.60. The molecule has 1 aromatic heterocycles. The van der Waals surface area contributed by atoms with E-state index in [-0.39, 0.29) is 27.5 Å². The maximum Gasteiger partial charge on any atom is 0.293 e. The lowest BCUT2D eigenvalue weighted by atomic mass is 10.1. The highest BCUT2D eigenvalue weighted by Gasteiger charge is 2.35. The lowest BCUT2D eigenvalue weighted by Gasteiger charge is -2.13. The first-order chi connectivity index (χ1) is 13.4. The summed E-state index contributed by atoms with van der Waals surface area (Å²) >= 11 is 6.70. The Hall–Kier alpha value is -2.90. The van der Waals surface area contributed by atoms with Gasteiger partial charge in [0, 0.05) is 5.02 Å². The predicted molar refractivity (Wildman–Crippen MR) is 105 cm³/mol. The number of imide groups is 1. The fraction of sp³-hybridized carbons (Fsp3) is 0.0500. The molecule has 4 rings (SSSR count). The SMILES string of the molecule is O=C1S/C(=C/c2coc3ccccc3c2=O)C(=O)N1Cc1ccc(F)cc1Cl. The highest BCUT2D eigenvalue weighted by Crippen LogP contribution is 2.34. The van der Waals surface area contributed by atoms with Gasteiger partial charge in [-0.1, -0.05) is 29.8 Å². The standard InChI is InChI=1S/C20H11ClFNO4S/c21-15-8-13(22)6-5-11(15)9-23-19(25)17(28-20(23)26)7-12-10-27-16-4-2-1-3-14(16)18(12)24/h1-8,10H,9H2/b17-7+. The van der Waals surface area contributed by atoms with Crippen LogP contribution in [0, 0.1) is 5.82 Å². The first-order valence-corrected chi connectivity index (χ1v) is 9.33. The number of para-hydroxylation sites is 1. The maximum absolute atomic E-state index is 13.2. The van der Waals surface area contributed by atoms with Crippen molar-refractivity contribution >= 4 is 51.6 Å². The van der Waals surface area contributed by atoms with Crippen molar-refractivity contribution in [1.29, 1.82) is 0 Å². The minimum atomic E-state index is -0.553. The van der Waals surface area contributed by atoms with Gasteiger partial charge in [0.1, 0.15) is 17.7 Å². The van der Waals surface area contributed by atoms with Crippen LogP contribution >= 0.6 is 23.4 Å². The molecule has 28 heavy (non-hydrogen) atoms. The zero-order valence-corrected chi connectivity index (χ0v) is 15.7. The summed E-state index contributed by atoms with van der Waals surface area (Å²) in [7, 11) is 0. The smallest absolute Gasteiger partial charge is 0.293 e. The molecule has 2 amide bonds. The molecule has 2 heterocycles. The molecule has 8 heteroatoms. The number of benzene rings is 2. The molecule has 0 saturated carbocycles. The van der Waals surface area contributed by atoms with E-state index in [2.05, 4.69) is 0 Å². The fourth-order valence-corrected chi connectivity index (χ4v) is 3.85. The van der Waals surface area contributed by atoms with Gasteiger partial charge in [0.25, 0.3) is 11.1 Å². The van der Waals surface area contributed by atoms with Crippen molar-refractivity contribution in [2.45, 2.75) is 6.54 Å². The largest absolute Gasteiger partial charge is 0.463 e. The van der Waals surface area contributed by atoms with E-state index < -0.39 is 17.0 Å². The number of carbonyl (C=O) groups is 2. The van der Waals surface area contributed by atoms with Crippen LogP contribution < -0.4 is 5.43 Å². The Morgan fingerprint density at radius 3 is 2.71 bits per heavy atom. The summed E-state index contributed by atoms with van der Waals surface area (Å²) in [6, 6.07) is 10.5. The van der Waals surface area contributed by atoms with Crippen LogP contribution in [-0.4, -0.2) is 16.0 Å². The van der Waals surface area contributed by atoms with Gasteiger partial charge in [0.2, 0.25) is 0 Å². The van der Waals surface area contributed by atoms with Gasteiger partial charge in [-0.05, 0) is 47.7 Å². The molecule has 0 spiro atoms. The monoisotopic (exact) mass is 415 g/mol. The van der Waals surface area contributed by atoms with Gasteiger partial charge in [0.05, 0.1) is 22.4 Å². The van der Waals surface area contributed by atoms with Gasteiger partial charge in [-0.2, -0.15) is 0 Å². The topological polar surface area (TPSA) is 67.6 Å². The molecule has 0 radical (unpaired) electrons. The average Bonchev–Trinajstić information content (AvgIpc) is 2.93. The van der Waals surface area contributed by atoms with Crippen molar-refractivity contribution in [3.8, 4) is 0 Å². The van der Waals surface area contributed by atoms with E-state index in [1.807, 2.05) is 0 Å². The molecule has 140 valence electrons. The third-order valence-corrected chi connectivity index (χ3v) is 5.47. The second kappa shape index (κ2) is 7.26. The zero-order valence-electron chi connectivity index (χ0n) is 14.1. The second-order valence-electron chi connectivity index (χ2n) is 6.02. The van der Waals surface area contributed by atoms with E-state index in [1.165, 1.54) is 24.5 Å². The Balaban J connectivity index is 1.65. The summed E-state index contributed by atoms with van der Waals surface area (Å²) in [5.74, 6) is -1.06. The van der Waals surface area contributed by atoms with Crippen molar-refractivity contribution in [3.63, 3.8) is 0 Å². The van der Waals surface area contributed by atoms with Crippen molar-refractivity contribution in [1.82, 2.24) is 4.90 Å². The van der Waals surface area contributed by atoms with Gasteiger partial charge in [-0.3, -0.25) is 19.3 Å². The molecule has 0 unspecified atom stereocenters.